The third-order valence-electron chi connectivity index (χ3n) is 4.45. The molecular weight excluding hydrogens is 414 g/mol. The lowest BCUT2D eigenvalue weighted by atomic mass is 10.0. The van der Waals surface area contributed by atoms with Crippen LogP contribution in [0.2, 0.25) is 5.02 Å². The average Bonchev–Trinajstić information content (AvgIpc) is 2.74. The van der Waals surface area contributed by atoms with Gasteiger partial charge in [0.2, 0.25) is 11.8 Å². The van der Waals surface area contributed by atoms with Crippen LogP contribution in [-0.4, -0.2) is 58.7 Å². The highest BCUT2D eigenvalue weighted by molar-refractivity contribution is 6.31. The van der Waals surface area contributed by atoms with Crippen molar-refractivity contribution in [3.63, 3.8) is 0 Å². The summed E-state index contributed by atoms with van der Waals surface area (Å²) in [6.07, 6.45) is 2.98. The molecule has 0 spiro atoms. The summed E-state index contributed by atoms with van der Waals surface area (Å²) in [4.78, 5) is 38.0. The molecule has 30 heavy (non-hydrogen) atoms. The van der Waals surface area contributed by atoms with E-state index in [1.54, 1.807) is 20.1 Å². The van der Waals surface area contributed by atoms with Gasteiger partial charge in [-0.05, 0) is 31.4 Å². The Balaban J connectivity index is 1.81. The summed E-state index contributed by atoms with van der Waals surface area (Å²) in [5.74, 6) is 0.510. The number of fused-ring (bicyclic) bond motifs is 1. The zero-order chi connectivity index (χ0) is 21.7. The van der Waals surface area contributed by atoms with Gasteiger partial charge in [0.05, 0.1) is 19.4 Å². The van der Waals surface area contributed by atoms with Gasteiger partial charge >= 0.3 is 6.03 Å². The topological polar surface area (TPSA) is 127 Å². The first kappa shape index (κ1) is 21.9. The van der Waals surface area contributed by atoms with Gasteiger partial charge in [0, 0.05) is 19.2 Å². The first-order valence-corrected chi connectivity index (χ1v) is 9.70. The Bertz CT molecular complexity index is 942. The number of aromatic nitrogens is 3. The number of hydrogen-bond acceptors (Lipinski definition) is 8. The maximum absolute atomic E-state index is 12.9. The van der Waals surface area contributed by atoms with Crippen LogP contribution in [0.5, 0.6) is 5.88 Å². The first-order chi connectivity index (χ1) is 14.5. The van der Waals surface area contributed by atoms with Crippen LogP contribution in [0.1, 0.15) is 35.0 Å². The molecule has 0 bridgehead atoms. The van der Waals surface area contributed by atoms with Crippen molar-refractivity contribution in [3.8, 4) is 5.88 Å². The molecule has 2 aromatic rings. The largest absolute Gasteiger partial charge is 0.471 e. The van der Waals surface area contributed by atoms with Crippen molar-refractivity contribution in [2.45, 2.75) is 32.5 Å². The minimum Gasteiger partial charge on any atom is -0.471 e. The second-order valence-corrected chi connectivity index (χ2v) is 7.11. The predicted octanol–water partition coefficient (Wildman–Crippen LogP) is 2.23. The number of hydrogen-bond donors (Lipinski definition) is 2. The third-order valence-corrected chi connectivity index (χ3v) is 4.71. The molecule has 0 saturated carbocycles. The summed E-state index contributed by atoms with van der Waals surface area (Å²) >= 11 is 6.08. The van der Waals surface area contributed by atoms with E-state index in [9.17, 15) is 14.7 Å². The van der Waals surface area contributed by atoms with Gasteiger partial charge in [-0.3, -0.25) is 15.0 Å². The van der Waals surface area contributed by atoms with Gasteiger partial charge in [0.15, 0.2) is 6.29 Å². The Kier molecular flexibility index (Phi) is 7.14. The lowest BCUT2D eigenvalue weighted by Gasteiger charge is -2.28. The van der Waals surface area contributed by atoms with Crippen LogP contribution in [0.3, 0.4) is 0 Å². The molecule has 2 aromatic heterocycles. The summed E-state index contributed by atoms with van der Waals surface area (Å²) in [5, 5.41) is 12.2. The van der Waals surface area contributed by atoms with Crippen molar-refractivity contribution in [1.82, 2.24) is 15.0 Å². The zero-order valence-electron chi connectivity index (χ0n) is 16.6. The maximum Gasteiger partial charge on any atom is 0.329 e. The fourth-order valence-corrected chi connectivity index (χ4v) is 3.24. The van der Waals surface area contributed by atoms with Gasteiger partial charge in [-0.25, -0.2) is 14.8 Å². The minimum atomic E-state index is -0.504. The summed E-state index contributed by atoms with van der Waals surface area (Å²) in [7, 11) is 1.55. The van der Waals surface area contributed by atoms with Gasteiger partial charge in [0.25, 0.3) is 0 Å². The summed E-state index contributed by atoms with van der Waals surface area (Å²) in [6.45, 7) is 2.24. The van der Waals surface area contributed by atoms with Crippen LogP contribution in [0, 0.1) is 0 Å². The fraction of sp³-hybridized carbons (Fsp3) is 0.421. The Morgan fingerprint density at radius 1 is 1.47 bits per heavy atom. The van der Waals surface area contributed by atoms with Crippen LogP contribution in [0.4, 0.5) is 16.6 Å². The van der Waals surface area contributed by atoms with Crippen molar-refractivity contribution < 1.29 is 24.2 Å². The highest BCUT2D eigenvalue weighted by Crippen LogP contribution is 2.28. The maximum atomic E-state index is 12.9. The zero-order valence-corrected chi connectivity index (χ0v) is 17.3. The molecule has 3 heterocycles. The first-order valence-electron chi connectivity index (χ1n) is 9.32. The van der Waals surface area contributed by atoms with Crippen LogP contribution in [0.15, 0.2) is 12.3 Å². The second kappa shape index (κ2) is 9.79. The van der Waals surface area contributed by atoms with Crippen molar-refractivity contribution in [2.75, 3.05) is 30.5 Å². The van der Waals surface area contributed by atoms with Gasteiger partial charge in [0.1, 0.15) is 22.6 Å². The number of methoxy groups -OCH3 is 1. The lowest BCUT2D eigenvalue weighted by Crippen LogP contribution is -2.40. The Morgan fingerprint density at radius 3 is 2.97 bits per heavy atom. The van der Waals surface area contributed by atoms with E-state index >= 15 is 0 Å². The van der Waals surface area contributed by atoms with Crippen molar-refractivity contribution in [1.29, 1.82) is 0 Å². The van der Waals surface area contributed by atoms with Gasteiger partial charge in [-0.1, -0.05) is 11.6 Å². The van der Waals surface area contributed by atoms with Crippen LogP contribution >= 0.6 is 11.6 Å². The number of amides is 2. The number of halogens is 1. The number of carbonyl (C=O) groups excluding carboxylic acids is 2. The van der Waals surface area contributed by atoms with Crippen LogP contribution < -0.4 is 15.0 Å². The molecule has 1 aliphatic rings. The number of carbonyl (C=O) groups is 2. The molecule has 1 atom stereocenters. The molecule has 0 fully saturated rings. The number of aryl methyl sites for hydroxylation is 1. The van der Waals surface area contributed by atoms with E-state index in [2.05, 4.69) is 20.3 Å². The SMILES string of the molecule is COC[C@H](C)Oc1nc(NC(=O)N2CCCc3cc(CO)c(C=O)nc32)ncc1Cl. The molecular formula is C19H22ClN5O5. The summed E-state index contributed by atoms with van der Waals surface area (Å²) in [6, 6.07) is 1.20. The molecule has 2 amide bonds. The molecule has 0 unspecified atom stereocenters. The fourth-order valence-electron chi connectivity index (χ4n) is 3.10. The van der Waals surface area contributed by atoms with Gasteiger partial charge in [-0.15, -0.1) is 0 Å². The van der Waals surface area contributed by atoms with E-state index in [4.69, 9.17) is 21.1 Å². The number of urea groups is 1. The molecule has 0 aromatic carbocycles. The monoisotopic (exact) mass is 435 g/mol. The predicted molar refractivity (Wildman–Crippen MR) is 109 cm³/mol. The normalized spacial score (nSPS) is 14.1. The Labute approximate surface area is 178 Å². The van der Waals surface area contributed by atoms with Gasteiger partial charge in [-0.2, -0.15) is 4.98 Å². The van der Waals surface area contributed by atoms with Crippen molar-refractivity contribution in [2.24, 2.45) is 0 Å². The summed E-state index contributed by atoms with van der Waals surface area (Å²) in [5.41, 5.74) is 1.31. The lowest BCUT2D eigenvalue weighted by molar-refractivity contribution is 0.0890. The molecule has 11 heteroatoms. The minimum absolute atomic E-state index is 0.0127. The molecule has 160 valence electrons. The number of ether oxygens (including phenoxy) is 2. The highest BCUT2D eigenvalue weighted by atomic mass is 35.5. The molecule has 3 rings (SSSR count). The van der Waals surface area contributed by atoms with E-state index in [-0.39, 0.29) is 35.3 Å². The Hall–Kier alpha value is -2.82. The van der Waals surface area contributed by atoms with Crippen LogP contribution in [0.25, 0.3) is 0 Å². The molecule has 0 aliphatic carbocycles. The summed E-state index contributed by atoms with van der Waals surface area (Å²) < 4.78 is 10.6. The molecule has 0 saturated heterocycles. The highest BCUT2D eigenvalue weighted by Gasteiger charge is 2.26. The van der Waals surface area contributed by atoms with E-state index in [0.29, 0.717) is 43.7 Å². The smallest absolute Gasteiger partial charge is 0.329 e. The number of nitrogens with one attached hydrogen (secondary N) is 1. The number of rotatable bonds is 7. The number of pyridine rings is 1. The van der Waals surface area contributed by atoms with E-state index in [1.807, 2.05) is 0 Å². The van der Waals surface area contributed by atoms with Gasteiger partial charge < -0.3 is 14.6 Å². The number of nitrogens with zero attached hydrogens (tertiary/aromatic N) is 4. The second-order valence-electron chi connectivity index (χ2n) is 6.71. The van der Waals surface area contributed by atoms with Crippen molar-refractivity contribution in [3.05, 3.63) is 34.1 Å². The number of aliphatic hydroxyl groups is 1. The molecule has 0 radical (unpaired) electrons. The third kappa shape index (κ3) is 4.84. The van der Waals surface area contributed by atoms with E-state index in [1.165, 1.54) is 11.1 Å². The average molecular weight is 436 g/mol. The molecule has 1 aliphatic heterocycles. The van der Waals surface area contributed by atoms with Crippen molar-refractivity contribution >= 4 is 35.7 Å². The number of aldehydes is 1. The molecule has 10 nitrogen and oxygen atoms in total. The van der Waals surface area contributed by atoms with E-state index < -0.39 is 6.03 Å². The standard InChI is InChI=1S/C19H22ClN5O5/c1-11(10-29-2)30-17-14(20)7-21-18(23-17)24-19(28)25-5-3-4-12-6-13(8-26)15(9-27)22-16(12)25/h6-7,9,11,26H,3-5,8,10H2,1-2H3,(H,21,23,24,28)/t11-/m0/s1. The van der Waals surface area contributed by atoms with E-state index in [0.717, 1.165) is 5.56 Å². The quantitative estimate of drug-likeness (QED) is 0.634. The number of aliphatic hydroxyl groups excluding tert-OH is 1. The molecule has 2 N–H and O–H groups in total. The Morgan fingerprint density at radius 2 is 2.27 bits per heavy atom. The van der Waals surface area contributed by atoms with Crippen LogP contribution in [-0.2, 0) is 17.8 Å². The number of anilines is 2.